The molecule has 0 saturated carbocycles. The van der Waals surface area contributed by atoms with Crippen molar-refractivity contribution in [2.24, 2.45) is 13.0 Å². The van der Waals surface area contributed by atoms with Crippen LogP contribution < -0.4 is 15.4 Å². The molecule has 4 aromatic carbocycles. The molecule has 3 N–H and O–H groups in total. The van der Waals surface area contributed by atoms with Crippen LogP contribution in [-0.2, 0) is 58.3 Å². The van der Waals surface area contributed by atoms with Gasteiger partial charge in [0.15, 0.2) is 0 Å². The van der Waals surface area contributed by atoms with Crippen LogP contribution in [0.2, 0.25) is 10.0 Å². The first-order valence-corrected chi connectivity index (χ1v) is 23.1. The highest BCUT2D eigenvalue weighted by Crippen LogP contribution is 2.36. The zero-order valence-electron chi connectivity index (χ0n) is 38.5. The van der Waals surface area contributed by atoms with E-state index in [1.165, 1.54) is 30.0 Å². The zero-order valence-corrected chi connectivity index (χ0v) is 40.0. The number of benzene rings is 4. The molecule has 0 radical (unpaired) electrons. The number of rotatable bonds is 12. The van der Waals surface area contributed by atoms with Crippen molar-refractivity contribution in [3.05, 3.63) is 135 Å². The minimum Gasteiger partial charge on any atom is -0.457 e. The number of amides is 4. The number of aliphatic hydroxyl groups is 1. The molecule has 5 aromatic rings. The quantitative estimate of drug-likeness (QED) is 0.108. The van der Waals surface area contributed by atoms with Crippen molar-refractivity contribution >= 4 is 46.8 Å². The van der Waals surface area contributed by atoms with E-state index < -0.39 is 84.3 Å². The Balaban J connectivity index is 1.25. The van der Waals surface area contributed by atoms with Crippen molar-refractivity contribution in [3.8, 4) is 22.8 Å². The molecular weight excluding hydrogens is 941 g/mol. The predicted octanol–water partition coefficient (Wildman–Crippen LogP) is 7.58. The number of nitrogens with one attached hydrogen (secondary N) is 2. The van der Waals surface area contributed by atoms with Crippen LogP contribution in [-0.4, -0.2) is 104 Å². The first-order valence-electron chi connectivity index (χ1n) is 22.4. The summed E-state index contributed by atoms with van der Waals surface area (Å²) < 4.78 is 66.4. The number of aliphatic hydroxyl groups excluding tert-OH is 1. The summed E-state index contributed by atoms with van der Waals surface area (Å²) in [5.74, 6) is -4.23. The lowest BCUT2D eigenvalue weighted by Gasteiger charge is -2.45. The van der Waals surface area contributed by atoms with Gasteiger partial charge in [-0.25, -0.2) is 9.37 Å². The summed E-state index contributed by atoms with van der Waals surface area (Å²) in [6.45, 7) is 0.624. The first-order chi connectivity index (χ1) is 32.7. The summed E-state index contributed by atoms with van der Waals surface area (Å²) in [4.78, 5) is 67.2. The van der Waals surface area contributed by atoms with Gasteiger partial charge in [-0.3, -0.25) is 19.2 Å². The number of aromatic nitrogens is 2. The van der Waals surface area contributed by atoms with Gasteiger partial charge >= 0.3 is 6.18 Å². The van der Waals surface area contributed by atoms with Gasteiger partial charge < -0.3 is 39.7 Å². The van der Waals surface area contributed by atoms with Gasteiger partial charge in [0.2, 0.25) is 23.6 Å². The van der Waals surface area contributed by atoms with Crippen LogP contribution in [0, 0.1) is 11.7 Å². The van der Waals surface area contributed by atoms with Gasteiger partial charge in [-0.15, -0.1) is 0 Å². The van der Waals surface area contributed by atoms with Crippen LogP contribution in [0.3, 0.4) is 0 Å². The van der Waals surface area contributed by atoms with Crippen molar-refractivity contribution in [3.63, 3.8) is 0 Å². The summed E-state index contributed by atoms with van der Waals surface area (Å²) in [6, 6.07) is 17.7. The van der Waals surface area contributed by atoms with Gasteiger partial charge in [-0.1, -0.05) is 53.5 Å². The van der Waals surface area contributed by atoms with Crippen molar-refractivity contribution in [2.45, 2.75) is 75.9 Å². The zero-order chi connectivity index (χ0) is 49.8. The Hall–Kier alpha value is -6.01. The van der Waals surface area contributed by atoms with Crippen molar-refractivity contribution in [2.75, 3.05) is 33.8 Å². The Morgan fingerprint density at radius 1 is 0.942 bits per heavy atom. The van der Waals surface area contributed by atoms with Crippen LogP contribution in [0.15, 0.2) is 91.1 Å². The molecule has 3 heterocycles. The standard InChI is InChI=1S/C50H53Cl2F4N7O6/c1-30-46(66)58-41(28-64)47(67)59-49(24-31-9-13-36(51)14-10-31)17-6-18-62(29-49)48(68)34(19-32-7-5-8-35(20-32)50(54,55)56)21-45(65)63(30)26-39-40(53)22-37(52)23-43(39)69-38-15-11-33(12-16-38)42-25-57-44(61(42)4)27-60(2)3/h5,7-16,20,22-23,25,30,34,41,64H,6,17-19,21,24,26-29H2,1-4H3,(H,58,66)(H,59,67)/t30-,34+,41-,49+/m0/s1. The molecule has 4 amide bonds. The smallest absolute Gasteiger partial charge is 0.416 e. The fourth-order valence-electron chi connectivity index (χ4n) is 8.97. The third kappa shape index (κ3) is 12.2. The van der Waals surface area contributed by atoms with Crippen molar-refractivity contribution in [1.82, 2.24) is 34.9 Å². The molecule has 2 aliphatic rings. The number of alkyl halides is 3. The van der Waals surface area contributed by atoms with E-state index in [9.17, 15) is 37.5 Å². The number of hydrogen-bond donors (Lipinski definition) is 3. The van der Waals surface area contributed by atoms with Crippen LogP contribution in [0.5, 0.6) is 11.5 Å². The summed E-state index contributed by atoms with van der Waals surface area (Å²) in [7, 11) is 5.79. The minimum atomic E-state index is -4.70. The average Bonchev–Trinajstić information content (AvgIpc) is 3.65. The van der Waals surface area contributed by atoms with Gasteiger partial charge in [0.1, 0.15) is 35.2 Å². The lowest BCUT2D eigenvalue weighted by atomic mass is 9.81. The number of ether oxygens (including phenoxy) is 1. The molecule has 2 bridgehead atoms. The number of halogens is 6. The maximum absolute atomic E-state index is 16.3. The molecule has 4 atom stereocenters. The molecule has 0 aliphatic carbocycles. The van der Waals surface area contributed by atoms with Crippen LogP contribution >= 0.6 is 23.2 Å². The second-order valence-corrected chi connectivity index (χ2v) is 18.9. The minimum absolute atomic E-state index is 0.0403. The number of piperidine rings is 1. The number of nitrogens with zero attached hydrogens (tertiary/aromatic N) is 5. The Bertz CT molecular complexity index is 2680. The van der Waals surface area contributed by atoms with E-state index in [1.54, 1.807) is 54.7 Å². The molecule has 2 aliphatic heterocycles. The van der Waals surface area contributed by atoms with Crippen molar-refractivity contribution < 1.29 is 46.6 Å². The largest absolute Gasteiger partial charge is 0.457 e. The molecular formula is C50H53Cl2F4N7O6. The Kier molecular flexibility index (Phi) is 15.7. The Labute approximate surface area is 407 Å². The van der Waals surface area contributed by atoms with Gasteiger partial charge in [0.25, 0.3) is 0 Å². The molecule has 13 nitrogen and oxygen atoms in total. The molecule has 2 fully saturated rings. The molecule has 366 valence electrons. The normalized spacial score (nSPS) is 20.7. The van der Waals surface area contributed by atoms with E-state index in [2.05, 4.69) is 15.6 Å². The topological polar surface area (TPSA) is 149 Å². The molecule has 2 saturated heterocycles. The lowest BCUT2D eigenvalue weighted by Crippen LogP contribution is -2.65. The molecule has 19 heteroatoms. The van der Waals surface area contributed by atoms with Crippen LogP contribution in [0.4, 0.5) is 17.6 Å². The third-order valence-electron chi connectivity index (χ3n) is 12.6. The Morgan fingerprint density at radius 2 is 1.67 bits per heavy atom. The third-order valence-corrected chi connectivity index (χ3v) is 13.1. The summed E-state index contributed by atoms with van der Waals surface area (Å²) in [5.41, 5.74) is 0.257. The van der Waals surface area contributed by atoms with Crippen LogP contribution in [0.25, 0.3) is 11.3 Å². The number of carbonyl (C=O) groups excluding carboxylic acids is 4. The molecule has 7 rings (SSSR count). The number of imidazole rings is 1. The Morgan fingerprint density at radius 3 is 2.35 bits per heavy atom. The molecule has 69 heavy (non-hydrogen) atoms. The maximum Gasteiger partial charge on any atom is 0.416 e. The highest BCUT2D eigenvalue weighted by molar-refractivity contribution is 6.31. The maximum atomic E-state index is 16.3. The average molecular weight is 995 g/mol. The summed E-state index contributed by atoms with van der Waals surface area (Å²) in [6.07, 6.45) is -2.90. The predicted molar refractivity (Wildman–Crippen MR) is 252 cm³/mol. The molecule has 1 aromatic heterocycles. The molecule has 0 unspecified atom stereocenters. The lowest BCUT2D eigenvalue weighted by molar-refractivity contribution is -0.147. The van der Waals surface area contributed by atoms with Gasteiger partial charge in [0.05, 0.1) is 48.6 Å². The van der Waals surface area contributed by atoms with E-state index >= 15 is 4.39 Å². The van der Waals surface area contributed by atoms with Gasteiger partial charge in [-0.05, 0) is 112 Å². The van der Waals surface area contributed by atoms with Crippen molar-refractivity contribution in [1.29, 1.82) is 0 Å². The number of carbonyl (C=O) groups is 4. The van der Waals surface area contributed by atoms with E-state index in [1.807, 2.05) is 30.6 Å². The van der Waals surface area contributed by atoms with Gasteiger partial charge in [0, 0.05) is 47.7 Å². The fraction of sp³-hybridized carbons (Fsp3) is 0.380. The summed E-state index contributed by atoms with van der Waals surface area (Å²) in [5, 5.41) is 16.5. The first kappa shape index (κ1) is 50.9. The van der Waals surface area contributed by atoms with E-state index in [-0.39, 0.29) is 53.6 Å². The number of fused-ring (bicyclic) bond motifs is 2. The monoisotopic (exact) mass is 993 g/mol. The van der Waals surface area contributed by atoms with E-state index in [0.717, 1.165) is 45.7 Å². The van der Waals surface area contributed by atoms with E-state index in [0.29, 0.717) is 24.4 Å². The number of hydrogen-bond acceptors (Lipinski definition) is 8. The van der Waals surface area contributed by atoms with E-state index in [4.69, 9.17) is 27.9 Å². The highest BCUT2D eigenvalue weighted by atomic mass is 35.5. The summed E-state index contributed by atoms with van der Waals surface area (Å²) >= 11 is 12.5. The second-order valence-electron chi connectivity index (χ2n) is 18.0. The fourth-order valence-corrected chi connectivity index (χ4v) is 9.30. The highest BCUT2D eigenvalue weighted by Gasteiger charge is 2.43. The second kappa shape index (κ2) is 21.3. The van der Waals surface area contributed by atoms with Crippen LogP contribution in [0.1, 0.15) is 54.3 Å². The van der Waals surface area contributed by atoms with Gasteiger partial charge in [-0.2, -0.15) is 13.2 Å². The SMILES string of the molecule is C[C@H]1C(=O)N[C@@H](CO)C(=O)N[C@@]2(Cc3ccc(Cl)cc3)CCCN(C2)C(=O)[C@H](Cc2cccc(C(F)(F)F)c2)CC(=O)N1Cc1c(F)cc(Cl)cc1Oc1ccc(-c2cnc(CN(C)C)n2C)cc1. The molecule has 0 spiro atoms.